The van der Waals surface area contributed by atoms with Gasteiger partial charge in [0.05, 0.1) is 23.0 Å². The van der Waals surface area contributed by atoms with Gasteiger partial charge in [0.1, 0.15) is 11.6 Å². The number of benzene rings is 2. The first-order valence-corrected chi connectivity index (χ1v) is 10.3. The molecule has 1 atom stereocenters. The predicted molar refractivity (Wildman–Crippen MR) is 112 cm³/mol. The van der Waals surface area contributed by atoms with E-state index in [1.165, 1.54) is 0 Å². The molecule has 190 valence electrons. The van der Waals surface area contributed by atoms with Gasteiger partial charge in [-0.2, -0.15) is 31.3 Å². The molecule has 14 heteroatoms. The lowest BCUT2D eigenvalue weighted by molar-refractivity contribution is -0.191. The van der Waals surface area contributed by atoms with Crippen molar-refractivity contribution in [2.75, 3.05) is 0 Å². The number of ether oxygens (including phenoxy) is 1. The number of carboxylic acids is 1. The molecule has 2 aromatic heterocycles. The number of aliphatic carboxylic acids is 1. The van der Waals surface area contributed by atoms with Gasteiger partial charge in [0.25, 0.3) is 5.89 Å². The molecule has 2 heterocycles. The van der Waals surface area contributed by atoms with Crippen LogP contribution in [0.15, 0.2) is 40.9 Å². The minimum absolute atomic E-state index is 0.0292. The van der Waals surface area contributed by atoms with Crippen molar-refractivity contribution in [3.05, 3.63) is 47.8 Å². The molecule has 4 aromatic rings. The van der Waals surface area contributed by atoms with Crippen molar-refractivity contribution in [3.8, 4) is 28.6 Å². The molecule has 0 fully saturated rings. The van der Waals surface area contributed by atoms with Crippen LogP contribution in [0.5, 0.6) is 5.75 Å². The molecule has 0 aliphatic carbocycles. The molecule has 0 aliphatic rings. The van der Waals surface area contributed by atoms with E-state index >= 15 is 0 Å². The second-order valence-electron chi connectivity index (χ2n) is 7.74. The Labute approximate surface area is 197 Å². The van der Waals surface area contributed by atoms with Gasteiger partial charge < -0.3 is 19.4 Å². The number of aromatic amines is 1. The first-order chi connectivity index (χ1) is 16.8. The van der Waals surface area contributed by atoms with Crippen molar-refractivity contribution in [2.24, 2.45) is 0 Å². The predicted octanol–water partition coefficient (Wildman–Crippen LogP) is 5.65. The summed E-state index contributed by atoms with van der Waals surface area (Å²) < 4.78 is 88.5. The largest absolute Gasteiger partial charge is 0.481 e. The molecule has 0 saturated heterocycles. The smallest absolute Gasteiger partial charge is 0.425 e. The van der Waals surface area contributed by atoms with Crippen molar-refractivity contribution in [2.45, 2.75) is 38.2 Å². The SMILES string of the molecule is CC(Oc1ccc(-c2nc(-c3ccc4[nH]c(CCC(=O)O)nc4c3)no2)cc1C(F)(F)F)C(F)(F)F. The first kappa shape index (κ1) is 25.0. The van der Waals surface area contributed by atoms with Crippen LogP contribution in [0.1, 0.15) is 24.7 Å². The number of hydrogen-bond donors (Lipinski definition) is 2. The Bertz CT molecular complexity index is 1410. The van der Waals surface area contributed by atoms with E-state index in [-0.39, 0.29) is 30.1 Å². The van der Waals surface area contributed by atoms with Gasteiger partial charge in [0.2, 0.25) is 5.82 Å². The third-order valence-corrected chi connectivity index (χ3v) is 5.09. The summed E-state index contributed by atoms with van der Waals surface area (Å²) in [5.74, 6) is -1.77. The van der Waals surface area contributed by atoms with Crippen LogP contribution < -0.4 is 4.74 Å². The summed E-state index contributed by atoms with van der Waals surface area (Å²) in [6.07, 6.45) is -12.2. The number of carbonyl (C=O) groups is 1. The molecular formula is C22H16F6N4O4. The average Bonchev–Trinajstić information content (AvgIpc) is 3.43. The lowest BCUT2D eigenvalue weighted by atomic mass is 10.1. The van der Waals surface area contributed by atoms with Gasteiger partial charge >= 0.3 is 18.3 Å². The number of rotatable bonds is 7. The normalized spacial score (nSPS) is 13.2. The molecule has 0 bridgehead atoms. The fraction of sp³-hybridized carbons (Fsp3) is 0.273. The molecule has 2 aromatic carbocycles. The van der Waals surface area contributed by atoms with Gasteiger partial charge in [-0.1, -0.05) is 5.16 Å². The van der Waals surface area contributed by atoms with E-state index in [9.17, 15) is 31.1 Å². The van der Waals surface area contributed by atoms with Crippen LogP contribution in [0, 0.1) is 0 Å². The molecule has 0 amide bonds. The molecule has 4 rings (SSSR count). The highest BCUT2D eigenvalue weighted by Gasteiger charge is 2.41. The maximum absolute atomic E-state index is 13.5. The van der Waals surface area contributed by atoms with Gasteiger partial charge in [0.15, 0.2) is 6.10 Å². The van der Waals surface area contributed by atoms with Crippen molar-refractivity contribution in [1.29, 1.82) is 0 Å². The Balaban J connectivity index is 1.62. The summed E-state index contributed by atoms with van der Waals surface area (Å²) >= 11 is 0. The zero-order valence-corrected chi connectivity index (χ0v) is 18.2. The summed E-state index contributed by atoms with van der Waals surface area (Å²) in [5, 5.41) is 12.6. The third kappa shape index (κ3) is 5.42. The summed E-state index contributed by atoms with van der Waals surface area (Å²) in [4.78, 5) is 22.1. The molecule has 0 radical (unpaired) electrons. The minimum Gasteiger partial charge on any atom is -0.481 e. The van der Waals surface area contributed by atoms with Gasteiger partial charge in [-0.05, 0) is 43.3 Å². The van der Waals surface area contributed by atoms with Crippen LogP contribution in [0.25, 0.3) is 33.9 Å². The average molecular weight is 514 g/mol. The number of aryl methyl sites for hydroxylation is 1. The highest BCUT2D eigenvalue weighted by molar-refractivity contribution is 5.80. The summed E-state index contributed by atoms with van der Waals surface area (Å²) in [6, 6.07) is 7.25. The maximum atomic E-state index is 13.5. The van der Waals surface area contributed by atoms with Gasteiger partial charge in [-0.25, -0.2) is 4.98 Å². The number of fused-ring (bicyclic) bond motifs is 1. The third-order valence-electron chi connectivity index (χ3n) is 5.09. The van der Waals surface area contributed by atoms with Crippen molar-refractivity contribution in [3.63, 3.8) is 0 Å². The molecule has 0 spiro atoms. The molecule has 0 aliphatic heterocycles. The Morgan fingerprint density at radius 1 is 1.08 bits per heavy atom. The van der Waals surface area contributed by atoms with Crippen LogP contribution in [0.3, 0.4) is 0 Å². The summed E-state index contributed by atoms with van der Waals surface area (Å²) in [5.41, 5.74) is -0.0726. The van der Waals surface area contributed by atoms with E-state index in [0.29, 0.717) is 35.4 Å². The number of nitrogens with one attached hydrogen (secondary N) is 1. The number of hydrogen-bond acceptors (Lipinski definition) is 6. The fourth-order valence-electron chi connectivity index (χ4n) is 3.24. The van der Waals surface area contributed by atoms with E-state index in [0.717, 1.165) is 12.1 Å². The Morgan fingerprint density at radius 2 is 1.81 bits per heavy atom. The highest BCUT2D eigenvalue weighted by Crippen LogP contribution is 2.40. The molecule has 2 N–H and O–H groups in total. The number of imidazole rings is 1. The van der Waals surface area contributed by atoms with E-state index in [1.54, 1.807) is 18.2 Å². The van der Waals surface area contributed by atoms with Crippen molar-refractivity contribution >= 4 is 17.0 Å². The van der Waals surface area contributed by atoms with Gasteiger partial charge in [-0.3, -0.25) is 4.79 Å². The second-order valence-corrected chi connectivity index (χ2v) is 7.74. The van der Waals surface area contributed by atoms with Crippen LogP contribution >= 0.6 is 0 Å². The first-order valence-electron chi connectivity index (χ1n) is 10.3. The second kappa shape index (κ2) is 9.17. The Kier molecular flexibility index (Phi) is 6.37. The summed E-state index contributed by atoms with van der Waals surface area (Å²) in [7, 11) is 0. The highest BCUT2D eigenvalue weighted by atomic mass is 19.4. The molecular weight excluding hydrogens is 498 g/mol. The maximum Gasteiger partial charge on any atom is 0.425 e. The fourth-order valence-corrected chi connectivity index (χ4v) is 3.24. The van der Waals surface area contributed by atoms with Crippen LogP contribution in [-0.2, 0) is 17.4 Å². The Morgan fingerprint density at radius 3 is 2.47 bits per heavy atom. The molecule has 8 nitrogen and oxygen atoms in total. The van der Waals surface area contributed by atoms with Crippen molar-refractivity contribution < 1.29 is 45.5 Å². The topological polar surface area (TPSA) is 114 Å². The number of H-pyrrole nitrogens is 1. The van der Waals surface area contributed by atoms with E-state index in [1.807, 2.05) is 0 Å². The standard InChI is InChI=1S/C22H16F6N4O4/c1-10(21(23,24)25)35-16-5-3-12(8-13(16)22(26,27)28)20-31-19(32-36-20)11-2-4-14-15(9-11)30-17(29-14)6-7-18(33)34/h2-5,8-10H,6-7H2,1H3,(H,29,30)(H,33,34). The van der Waals surface area contributed by atoms with Gasteiger partial charge in [-0.15, -0.1) is 0 Å². The van der Waals surface area contributed by atoms with Crippen molar-refractivity contribution in [1.82, 2.24) is 20.1 Å². The minimum atomic E-state index is -5.01. The lowest BCUT2D eigenvalue weighted by Crippen LogP contribution is -2.31. The molecule has 1 unspecified atom stereocenters. The van der Waals surface area contributed by atoms with Crippen LogP contribution in [0.2, 0.25) is 0 Å². The van der Waals surface area contributed by atoms with E-state index in [2.05, 4.69) is 24.8 Å². The Hall–Kier alpha value is -4.10. The van der Waals surface area contributed by atoms with E-state index in [4.69, 9.17) is 9.63 Å². The van der Waals surface area contributed by atoms with E-state index < -0.39 is 35.7 Å². The lowest BCUT2D eigenvalue weighted by Gasteiger charge is -2.20. The zero-order chi connectivity index (χ0) is 26.3. The quantitative estimate of drug-likeness (QED) is 0.307. The summed E-state index contributed by atoms with van der Waals surface area (Å²) in [6.45, 7) is 0.601. The number of carboxylic acid groups (broad SMARTS) is 1. The monoisotopic (exact) mass is 514 g/mol. The number of halogens is 6. The number of nitrogens with zero attached hydrogens (tertiary/aromatic N) is 3. The van der Waals surface area contributed by atoms with Gasteiger partial charge in [0, 0.05) is 17.5 Å². The van der Waals surface area contributed by atoms with Crippen LogP contribution in [-0.4, -0.2) is 43.5 Å². The number of aromatic nitrogens is 4. The zero-order valence-electron chi connectivity index (χ0n) is 18.2. The van der Waals surface area contributed by atoms with Crippen LogP contribution in [0.4, 0.5) is 26.3 Å². The molecule has 0 saturated carbocycles. The number of alkyl halides is 6. The molecule has 36 heavy (non-hydrogen) atoms.